The van der Waals surface area contributed by atoms with Crippen LogP contribution in [0.4, 0.5) is 9.18 Å². The Labute approximate surface area is 191 Å². The maximum atomic E-state index is 13.8. The third-order valence-electron chi connectivity index (χ3n) is 4.57. The number of carbonyl (C=O) groups is 3. The number of thioether (sulfide) groups is 2. The van der Waals surface area contributed by atoms with Crippen LogP contribution in [-0.2, 0) is 9.59 Å². The second-order valence-electron chi connectivity index (χ2n) is 6.69. The van der Waals surface area contributed by atoms with E-state index >= 15 is 0 Å². The first-order chi connectivity index (χ1) is 15.5. The molecule has 1 aliphatic rings. The monoisotopic (exact) mass is 468 g/mol. The molecule has 0 aliphatic carbocycles. The van der Waals surface area contributed by atoms with Crippen molar-refractivity contribution in [2.75, 3.05) is 18.8 Å². The highest BCUT2D eigenvalue weighted by Crippen LogP contribution is 2.32. The topological polar surface area (TPSA) is 92.3 Å². The first-order valence-electron chi connectivity index (χ1n) is 9.62. The number of imide groups is 1. The Morgan fingerprint density at radius 3 is 2.75 bits per heavy atom. The van der Waals surface area contributed by atoms with Gasteiger partial charge in [-0.05, 0) is 30.0 Å². The zero-order chi connectivity index (χ0) is 22.5. The van der Waals surface area contributed by atoms with Gasteiger partial charge in [0.2, 0.25) is 5.91 Å². The lowest BCUT2D eigenvalue weighted by atomic mass is 10.2. The number of hydrogen-bond acceptors (Lipinski definition) is 7. The molecule has 0 atom stereocenters. The molecule has 0 spiro atoms. The molecule has 7 nitrogen and oxygen atoms in total. The van der Waals surface area contributed by atoms with Crippen molar-refractivity contribution in [1.29, 1.82) is 0 Å². The summed E-state index contributed by atoms with van der Waals surface area (Å²) >= 11 is 2.04. The van der Waals surface area contributed by atoms with Gasteiger partial charge in [-0.2, -0.15) is 0 Å². The molecule has 10 heteroatoms. The van der Waals surface area contributed by atoms with Crippen molar-refractivity contribution in [3.63, 3.8) is 0 Å². The van der Waals surface area contributed by atoms with Crippen molar-refractivity contribution in [1.82, 2.24) is 20.2 Å². The summed E-state index contributed by atoms with van der Waals surface area (Å²) < 4.78 is 13.8. The fraction of sp³-hybridized carbons (Fsp3) is 0.136. The normalized spacial score (nSPS) is 15.0. The van der Waals surface area contributed by atoms with Crippen LogP contribution in [0, 0.1) is 5.82 Å². The van der Waals surface area contributed by atoms with Crippen LogP contribution in [0.2, 0.25) is 0 Å². The molecular formula is C22H17FN4O3S2. The van der Waals surface area contributed by atoms with Gasteiger partial charge < -0.3 is 5.32 Å². The van der Waals surface area contributed by atoms with E-state index < -0.39 is 17.0 Å². The molecule has 32 heavy (non-hydrogen) atoms. The highest BCUT2D eigenvalue weighted by molar-refractivity contribution is 8.18. The number of amides is 3. The van der Waals surface area contributed by atoms with Crippen LogP contribution >= 0.6 is 23.5 Å². The van der Waals surface area contributed by atoms with Gasteiger partial charge in [0.1, 0.15) is 17.2 Å². The molecule has 0 radical (unpaired) electrons. The van der Waals surface area contributed by atoms with Gasteiger partial charge in [-0.1, -0.05) is 48.2 Å². The molecule has 3 amide bonds. The zero-order valence-electron chi connectivity index (χ0n) is 16.7. The van der Waals surface area contributed by atoms with E-state index in [1.54, 1.807) is 12.1 Å². The number of aromatic nitrogens is 2. The third-order valence-corrected chi connectivity index (χ3v) is 6.48. The average Bonchev–Trinajstić information content (AvgIpc) is 3.06. The second kappa shape index (κ2) is 9.92. The van der Waals surface area contributed by atoms with E-state index in [9.17, 15) is 18.8 Å². The largest absolute Gasteiger partial charge is 0.354 e. The second-order valence-corrected chi connectivity index (χ2v) is 8.65. The molecule has 2 heterocycles. The van der Waals surface area contributed by atoms with Crippen molar-refractivity contribution >= 4 is 57.6 Å². The highest BCUT2D eigenvalue weighted by Gasteiger charge is 2.34. The van der Waals surface area contributed by atoms with Gasteiger partial charge in [0.05, 0.1) is 16.2 Å². The van der Waals surface area contributed by atoms with Crippen molar-refractivity contribution < 1.29 is 18.8 Å². The van der Waals surface area contributed by atoms with Crippen LogP contribution in [0.3, 0.4) is 0 Å². The molecule has 1 fully saturated rings. The minimum absolute atomic E-state index is 0.0339. The minimum Gasteiger partial charge on any atom is -0.354 e. The van der Waals surface area contributed by atoms with Crippen LogP contribution in [0.15, 0.2) is 64.8 Å². The summed E-state index contributed by atoms with van der Waals surface area (Å²) in [5.74, 6) is -1.08. The van der Waals surface area contributed by atoms with Crippen molar-refractivity contribution in [3.8, 4) is 0 Å². The molecule has 0 unspecified atom stereocenters. The van der Waals surface area contributed by atoms with Crippen LogP contribution in [-0.4, -0.2) is 50.8 Å². The quantitative estimate of drug-likeness (QED) is 0.321. The Morgan fingerprint density at radius 2 is 1.91 bits per heavy atom. The Hall–Kier alpha value is -3.24. The molecule has 4 rings (SSSR count). The van der Waals surface area contributed by atoms with Gasteiger partial charge in [0.15, 0.2) is 0 Å². The molecular weight excluding hydrogens is 451 g/mol. The molecule has 0 bridgehead atoms. The number of benzene rings is 2. The molecule has 1 saturated heterocycles. The summed E-state index contributed by atoms with van der Waals surface area (Å²) in [6.45, 7) is 0.154. The Balaban J connectivity index is 1.29. The standard InChI is InChI=1S/C22H17FN4O3S2/c23-16-7-3-1-5-14(16)11-18-21(29)27(22(30)32-18)10-9-24-19(28)12-31-20-15-6-2-4-8-17(15)25-13-26-20/h1-8,11,13H,9-10,12H2,(H,24,28)/b18-11-. The summed E-state index contributed by atoms with van der Waals surface area (Å²) in [5, 5.41) is 3.83. The zero-order valence-corrected chi connectivity index (χ0v) is 18.3. The van der Waals surface area contributed by atoms with Gasteiger partial charge in [-0.25, -0.2) is 14.4 Å². The third kappa shape index (κ3) is 4.97. The van der Waals surface area contributed by atoms with Crippen LogP contribution in [0.1, 0.15) is 5.56 Å². The number of hydrogen-bond donors (Lipinski definition) is 1. The summed E-state index contributed by atoms with van der Waals surface area (Å²) in [7, 11) is 0. The lowest BCUT2D eigenvalue weighted by Crippen LogP contribution is -2.37. The van der Waals surface area contributed by atoms with E-state index in [0.29, 0.717) is 5.03 Å². The number of nitrogens with one attached hydrogen (secondary N) is 1. The van der Waals surface area contributed by atoms with Crippen LogP contribution in [0.25, 0.3) is 17.0 Å². The average molecular weight is 469 g/mol. The van der Waals surface area contributed by atoms with Crippen molar-refractivity contribution in [2.45, 2.75) is 5.03 Å². The summed E-state index contributed by atoms with van der Waals surface area (Å²) in [6.07, 6.45) is 2.82. The van der Waals surface area contributed by atoms with Crippen LogP contribution in [0.5, 0.6) is 0 Å². The maximum absolute atomic E-state index is 13.8. The van der Waals surface area contributed by atoms with E-state index in [4.69, 9.17) is 0 Å². The Kier molecular flexibility index (Phi) is 6.81. The SMILES string of the molecule is O=C(CSc1ncnc2ccccc12)NCCN1C(=O)S/C(=C\c2ccccc2F)C1=O. The number of para-hydroxylation sites is 1. The van der Waals surface area contributed by atoms with Gasteiger partial charge in [0, 0.05) is 24.0 Å². The van der Waals surface area contributed by atoms with Gasteiger partial charge in [0.25, 0.3) is 11.1 Å². The Morgan fingerprint density at radius 1 is 1.12 bits per heavy atom. The lowest BCUT2D eigenvalue weighted by Gasteiger charge is -2.13. The highest BCUT2D eigenvalue weighted by atomic mass is 32.2. The fourth-order valence-corrected chi connectivity index (χ4v) is 4.69. The molecule has 0 saturated carbocycles. The predicted octanol–water partition coefficient (Wildman–Crippen LogP) is 3.71. The van der Waals surface area contributed by atoms with E-state index in [1.165, 1.54) is 36.3 Å². The smallest absolute Gasteiger partial charge is 0.293 e. The fourth-order valence-electron chi connectivity index (χ4n) is 3.01. The maximum Gasteiger partial charge on any atom is 0.293 e. The van der Waals surface area contributed by atoms with Gasteiger partial charge in [-0.3, -0.25) is 19.3 Å². The predicted molar refractivity (Wildman–Crippen MR) is 122 cm³/mol. The first kappa shape index (κ1) is 22.0. The lowest BCUT2D eigenvalue weighted by molar-refractivity contribution is -0.123. The van der Waals surface area contributed by atoms with Crippen molar-refractivity contribution in [2.24, 2.45) is 0 Å². The van der Waals surface area contributed by atoms with E-state index in [2.05, 4.69) is 15.3 Å². The van der Waals surface area contributed by atoms with E-state index in [-0.39, 0.29) is 35.2 Å². The molecule has 3 aromatic rings. The van der Waals surface area contributed by atoms with E-state index in [0.717, 1.165) is 27.6 Å². The Bertz CT molecular complexity index is 1230. The molecule has 1 aliphatic heterocycles. The molecule has 2 aromatic carbocycles. The van der Waals surface area contributed by atoms with E-state index in [1.807, 2.05) is 24.3 Å². The summed E-state index contributed by atoms with van der Waals surface area (Å²) in [4.78, 5) is 46.5. The molecule has 1 aromatic heterocycles. The number of fused-ring (bicyclic) bond motifs is 1. The number of nitrogens with zero attached hydrogens (tertiary/aromatic N) is 3. The summed E-state index contributed by atoms with van der Waals surface area (Å²) in [6, 6.07) is 13.5. The number of rotatable bonds is 7. The van der Waals surface area contributed by atoms with Gasteiger partial charge in [-0.15, -0.1) is 0 Å². The minimum atomic E-state index is -0.501. The van der Waals surface area contributed by atoms with Crippen molar-refractivity contribution in [3.05, 3.63) is 71.1 Å². The molecule has 1 N–H and O–H groups in total. The van der Waals surface area contributed by atoms with Crippen LogP contribution < -0.4 is 5.32 Å². The summed E-state index contributed by atoms with van der Waals surface area (Å²) in [5.41, 5.74) is 1.04. The first-order valence-corrected chi connectivity index (χ1v) is 11.4. The van der Waals surface area contributed by atoms with Gasteiger partial charge >= 0.3 is 0 Å². The molecule has 162 valence electrons. The number of halogens is 1. The number of carbonyl (C=O) groups excluding carboxylic acids is 3.